The van der Waals surface area contributed by atoms with E-state index in [0.29, 0.717) is 17.3 Å². The lowest BCUT2D eigenvalue weighted by Crippen LogP contribution is -2.08. The SMILES string of the molecule is Cn1ccnc1C(O)Cc1ccc(Br)cc1Cl. The minimum Gasteiger partial charge on any atom is -0.385 e. The smallest absolute Gasteiger partial charge is 0.137 e. The molecular formula is C12H12BrClN2O. The van der Waals surface area contributed by atoms with E-state index in [-0.39, 0.29) is 0 Å². The van der Waals surface area contributed by atoms with Crippen LogP contribution >= 0.6 is 27.5 Å². The van der Waals surface area contributed by atoms with Crippen molar-refractivity contribution in [3.63, 3.8) is 0 Å². The molecule has 1 aromatic carbocycles. The number of benzene rings is 1. The third-order valence-electron chi connectivity index (χ3n) is 2.58. The number of rotatable bonds is 3. The van der Waals surface area contributed by atoms with Crippen molar-refractivity contribution in [1.29, 1.82) is 0 Å². The maximum Gasteiger partial charge on any atom is 0.137 e. The molecule has 0 saturated heterocycles. The van der Waals surface area contributed by atoms with Gasteiger partial charge < -0.3 is 9.67 Å². The van der Waals surface area contributed by atoms with Gasteiger partial charge >= 0.3 is 0 Å². The van der Waals surface area contributed by atoms with Crippen LogP contribution in [0, 0.1) is 0 Å². The molecule has 0 fully saturated rings. The van der Waals surface area contributed by atoms with Crippen molar-refractivity contribution in [2.75, 3.05) is 0 Å². The molecule has 1 heterocycles. The maximum atomic E-state index is 10.1. The molecule has 1 unspecified atom stereocenters. The molecule has 3 nitrogen and oxygen atoms in total. The highest BCUT2D eigenvalue weighted by Gasteiger charge is 2.14. The van der Waals surface area contributed by atoms with Crippen LogP contribution < -0.4 is 0 Å². The highest BCUT2D eigenvalue weighted by molar-refractivity contribution is 9.10. The number of halogens is 2. The molecule has 0 radical (unpaired) electrons. The van der Waals surface area contributed by atoms with E-state index in [1.807, 2.05) is 31.4 Å². The summed E-state index contributed by atoms with van der Waals surface area (Å²) in [4.78, 5) is 4.12. The molecule has 0 aliphatic rings. The first kappa shape index (κ1) is 12.6. The first-order valence-corrected chi connectivity index (χ1v) is 6.34. The monoisotopic (exact) mass is 314 g/mol. The summed E-state index contributed by atoms with van der Waals surface area (Å²) < 4.78 is 2.73. The molecule has 0 bridgehead atoms. The number of hydrogen-bond donors (Lipinski definition) is 1. The van der Waals surface area contributed by atoms with Crippen molar-refractivity contribution < 1.29 is 5.11 Å². The van der Waals surface area contributed by atoms with Crippen LogP contribution in [0.2, 0.25) is 5.02 Å². The van der Waals surface area contributed by atoms with Gasteiger partial charge in [-0.25, -0.2) is 4.98 Å². The zero-order valence-corrected chi connectivity index (χ0v) is 11.6. The molecule has 0 aliphatic carbocycles. The Bertz CT molecular complexity index is 527. The Hall–Kier alpha value is -0.840. The van der Waals surface area contributed by atoms with E-state index in [2.05, 4.69) is 20.9 Å². The average Bonchev–Trinajstić information content (AvgIpc) is 2.68. The molecule has 90 valence electrons. The molecule has 1 N–H and O–H groups in total. The van der Waals surface area contributed by atoms with Gasteiger partial charge in [-0.2, -0.15) is 0 Å². The molecule has 2 aromatic rings. The zero-order chi connectivity index (χ0) is 12.4. The second-order valence-electron chi connectivity index (χ2n) is 3.85. The highest BCUT2D eigenvalue weighted by Crippen LogP contribution is 2.25. The van der Waals surface area contributed by atoms with Gasteiger partial charge in [-0.3, -0.25) is 0 Å². The second kappa shape index (κ2) is 5.21. The van der Waals surface area contributed by atoms with Gasteiger partial charge in [0, 0.05) is 35.4 Å². The normalized spacial score (nSPS) is 12.7. The number of aliphatic hydroxyl groups is 1. The van der Waals surface area contributed by atoms with E-state index < -0.39 is 6.10 Å². The van der Waals surface area contributed by atoms with Gasteiger partial charge in [0.25, 0.3) is 0 Å². The number of hydrogen-bond acceptors (Lipinski definition) is 2. The van der Waals surface area contributed by atoms with Gasteiger partial charge in [0.1, 0.15) is 11.9 Å². The largest absolute Gasteiger partial charge is 0.385 e. The van der Waals surface area contributed by atoms with Gasteiger partial charge in [0.15, 0.2) is 0 Å². The number of nitrogens with zero attached hydrogens (tertiary/aromatic N) is 2. The molecular weight excluding hydrogens is 304 g/mol. The number of imidazole rings is 1. The van der Waals surface area contributed by atoms with Crippen LogP contribution in [-0.4, -0.2) is 14.7 Å². The lowest BCUT2D eigenvalue weighted by atomic mass is 10.1. The summed E-state index contributed by atoms with van der Waals surface area (Å²) in [6.45, 7) is 0. The van der Waals surface area contributed by atoms with Crippen molar-refractivity contribution in [2.24, 2.45) is 7.05 Å². The first-order valence-electron chi connectivity index (χ1n) is 5.17. The van der Waals surface area contributed by atoms with Gasteiger partial charge in [-0.1, -0.05) is 33.6 Å². The predicted molar refractivity (Wildman–Crippen MR) is 71.0 cm³/mol. The van der Waals surface area contributed by atoms with Crippen LogP contribution in [0.1, 0.15) is 17.5 Å². The molecule has 0 aliphatic heterocycles. The highest BCUT2D eigenvalue weighted by atomic mass is 79.9. The molecule has 0 amide bonds. The lowest BCUT2D eigenvalue weighted by molar-refractivity contribution is 0.165. The zero-order valence-electron chi connectivity index (χ0n) is 9.27. The maximum absolute atomic E-state index is 10.1. The molecule has 0 spiro atoms. The molecule has 5 heteroatoms. The summed E-state index contributed by atoms with van der Waals surface area (Å²) in [6.07, 6.45) is 3.29. The Morgan fingerprint density at radius 3 is 2.88 bits per heavy atom. The number of aliphatic hydroxyl groups excluding tert-OH is 1. The van der Waals surface area contributed by atoms with E-state index in [0.717, 1.165) is 10.0 Å². The van der Waals surface area contributed by atoms with Crippen molar-refractivity contribution in [1.82, 2.24) is 9.55 Å². The Morgan fingerprint density at radius 1 is 1.53 bits per heavy atom. The van der Waals surface area contributed by atoms with E-state index in [1.54, 1.807) is 10.8 Å². The molecule has 2 rings (SSSR count). The summed E-state index contributed by atoms with van der Waals surface area (Å²) in [5.74, 6) is 0.643. The summed E-state index contributed by atoms with van der Waals surface area (Å²) >= 11 is 9.46. The summed E-state index contributed by atoms with van der Waals surface area (Å²) in [5, 5.41) is 10.7. The van der Waals surface area contributed by atoms with Crippen molar-refractivity contribution >= 4 is 27.5 Å². The molecule has 0 saturated carbocycles. The van der Waals surface area contributed by atoms with Crippen molar-refractivity contribution in [2.45, 2.75) is 12.5 Å². The van der Waals surface area contributed by atoms with E-state index >= 15 is 0 Å². The van der Waals surface area contributed by atoms with Crippen LogP contribution in [0.4, 0.5) is 0 Å². The first-order chi connectivity index (χ1) is 8.08. The van der Waals surface area contributed by atoms with Gasteiger partial charge in [-0.05, 0) is 17.7 Å². The van der Waals surface area contributed by atoms with Crippen LogP contribution in [0.3, 0.4) is 0 Å². The number of aryl methyl sites for hydroxylation is 1. The molecule has 1 aromatic heterocycles. The third kappa shape index (κ3) is 2.89. The standard InChI is InChI=1S/C12H12BrClN2O/c1-16-5-4-15-12(16)11(17)6-8-2-3-9(13)7-10(8)14/h2-5,7,11,17H,6H2,1H3. The van der Waals surface area contributed by atoms with Gasteiger partial charge in [-0.15, -0.1) is 0 Å². The Labute approximate surface area is 113 Å². The minimum absolute atomic E-state index is 0.455. The fourth-order valence-electron chi connectivity index (χ4n) is 1.69. The number of aromatic nitrogens is 2. The average molecular weight is 316 g/mol. The van der Waals surface area contributed by atoms with Gasteiger partial charge in [0.2, 0.25) is 0 Å². The Kier molecular flexibility index (Phi) is 3.86. The fraction of sp³-hybridized carbons (Fsp3) is 0.250. The topological polar surface area (TPSA) is 38.0 Å². The van der Waals surface area contributed by atoms with E-state index in [9.17, 15) is 5.11 Å². The lowest BCUT2D eigenvalue weighted by Gasteiger charge is -2.11. The van der Waals surface area contributed by atoms with Crippen LogP contribution in [-0.2, 0) is 13.5 Å². The predicted octanol–water partition coefficient (Wildman–Crippen LogP) is 3.11. The summed E-state index contributed by atoms with van der Waals surface area (Å²) in [7, 11) is 1.86. The molecule has 1 atom stereocenters. The minimum atomic E-state index is -0.645. The van der Waals surface area contributed by atoms with E-state index in [1.165, 1.54) is 0 Å². The fourth-order valence-corrected chi connectivity index (χ4v) is 2.44. The second-order valence-corrected chi connectivity index (χ2v) is 5.17. The van der Waals surface area contributed by atoms with Crippen LogP contribution in [0.15, 0.2) is 35.1 Å². The van der Waals surface area contributed by atoms with Crippen LogP contribution in [0.5, 0.6) is 0 Å². The third-order valence-corrected chi connectivity index (χ3v) is 3.43. The van der Waals surface area contributed by atoms with E-state index in [4.69, 9.17) is 11.6 Å². The summed E-state index contributed by atoms with van der Waals surface area (Å²) in [6, 6.07) is 5.63. The van der Waals surface area contributed by atoms with Crippen LogP contribution in [0.25, 0.3) is 0 Å². The molecule has 17 heavy (non-hydrogen) atoms. The Morgan fingerprint density at radius 2 is 2.29 bits per heavy atom. The summed E-state index contributed by atoms with van der Waals surface area (Å²) in [5.41, 5.74) is 0.908. The van der Waals surface area contributed by atoms with Crippen molar-refractivity contribution in [3.8, 4) is 0 Å². The van der Waals surface area contributed by atoms with Crippen molar-refractivity contribution in [3.05, 3.63) is 51.5 Å². The quantitative estimate of drug-likeness (QED) is 0.945. The van der Waals surface area contributed by atoms with Gasteiger partial charge in [0.05, 0.1) is 0 Å². The Balaban J connectivity index is 2.19.